The second kappa shape index (κ2) is 2.98. The molecule has 3 nitrogen and oxygen atoms in total. The molecule has 2 rings (SSSR count). The van der Waals surface area contributed by atoms with Crippen LogP contribution in [0.2, 0.25) is 0 Å². The minimum atomic E-state index is -0.440. The summed E-state index contributed by atoms with van der Waals surface area (Å²) in [7, 11) is 0. The quantitative estimate of drug-likeness (QED) is 0.630. The maximum Gasteiger partial charge on any atom is 0.158 e. The van der Waals surface area contributed by atoms with Crippen LogP contribution in [0.4, 0.5) is 0 Å². The summed E-state index contributed by atoms with van der Waals surface area (Å²) >= 11 is 3.27. The number of hydrogen-bond acceptors (Lipinski definition) is 3. The first-order chi connectivity index (χ1) is 6.59. The summed E-state index contributed by atoms with van der Waals surface area (Å²) in [5, 5.41) is 18.5. The molecule has 1 aromatic rings. The van der Waals surface area contributed by atoms with Gasteiger partial charge in [0.15, 0.2) is 11.5 Å². The van der Waals surface area contributed by atoms with Gasteiger partial charge >= 0.3 is 0 Å². The predicted octanol–water partition coefficient (Wildman–Crippen LogP) is 2.09. The molecule has 74 valence electrons. The van der Waals surface area contributed by atoms with E-state index in [0.717, 1.165) is 24.7 Å². The van der Waals surface area contributed by atoms with Crippen LogP contribution >= 0.6 is 15.9 Å². The van der Waals surface area contributed by atoms with Crippen molar-refractivity contribution in [1.82, 2.24) is 0 Å². The Morgan fingerprint density at radius 1 is 1.29 bits per heavy atom. The number of halogens is 1. The number of hydrogen-bond donors (Lipinski definition) is 2. The fraction of sp³-hybridized carbons (Fsp3) is 0.300. The zero-order valence-electron chi connectivity index (χ0n) is 7.33. The maximum absolute atomic E-state index is 10.9. The Balaban J connectivity index is 2.54. The van der Waals surface area contributed by atoms with Crippen molar-refractivity contribution in [2.75, 3.05) is 0 Å². The highest BCUT2D eigenvalue weighted by molar-refractivity contribution is 9.10. The Labute approximate surface area is 89.5 Å². The Kier molecular flexibility index (Phi) is 2.03. The third-order valence-electron chi connectivity index (χ3n) is 2.61. The normalized spacial score (nSPS) is 17.8. The Morgan fingerprint density at radius 3 is 2.36 bits per heavy atom. The molecule has 1 aliphatic carbocycles. The Bertz CT molecular complexity index is 397. The lowest BCUT2D eigenvalue weighted by Gasteiger charge is -2.11. The lowest BCUT2D eigenvalue weighted by atomic mass is 9.97. The zero-order chi connectivity index (χ0) is 10.3. The molecule has 1 aromatic carbocycles. The molecule has 0 saturated heterocycles. The number of carbonyl (C=O) groups is 1. The number of phenols is 2. The second-order valence-electron chi connectivity index (χ2n) is 3.59. The van der Waals surface area contributed by atoms with Gasteiger partial charge in [0.05, 0.1) is 5.41 Å². The maximum atomic E-state index is 10.9. The molecule has 0 atom stereocenters. The molecule has 1 fully saturated rings. The molecule has 14 heavy (non-hydrogen) atoms. The van der Waals surface area contributed by atoms with Gasteiger partial charge in [-0.2, -0.15) is 0 Å². The van der Waals surface area contributed by atoms with Crippen LogP contribution in [0.3, 0.4) is 0 Å². The highest BCUT2D eigenvalue weighted by atomic mass is 79.9. The van der Waals surface area contributed by atoms with E-state index in [-0.39, 0.29) is 11.5 Å². The van der Waals surface area contributed by atoms with Gasteiger partial charge in [-0.15, -0.1) is 0 Å². The van der Waals surface area contributed by atoms with Gasteiger partial charge in [0.25, 0.3) is 0 Å². The lowest BCUT2D eigenvalue weighted by Crippen LogP contribution is -2.08. The van der Waals surface area contributed by atoms with E-state index in [4.69, 9.17) is 0 Å². The molecule has 0 aliphatic heterocycles. The first kappa shape index (κ1) is 9.52. The monoisotopic (exact) mass is 256 g/mol. The third-order valence-corrected chi connectivity index (χ3v) is 3.27. The molecule has 4 heteroatoms. The molecule has 0 spiro atoms. The van der Waals surface area contributed by atoms with Crippen LogP contribution in [0.5, 0.6) is 11.5 Å². The van der Waals surface area contributed by atoms with Crippen LogP contribution in [0.25, 0.3) is 0 Å². The van der Waals surface area contributed by atoms with Crippen molar-refractivity contribution in [3.63, 3.8) is 0 Å². The van der Waals surface area contributed by atoms with E-state index in [1.54, 1.807) is 0 Å². The van der Waals surface area contributed by atoms with Crippen LogP contribution in [0.15, 0.2) is 16.6 Å². The predicted molar refractivity (Wildman–Crippen MR) is 54.4 cm³/mol. The van der Waals surface area contributed by atoms with Crippen molar-refractivity contribution in [3.8, 4) is 11.5 Å². The van der Waals surface area contributed by atoms with Crippen molar-refractivity contribution in [2.45, 2.75) is 18.3 Å². The number of aldehydes is 1. The summed E-state index contributed by atoms with van der Waals surface area (Å²) in [6.45, 7) is 0. The van der Waals surface area contributed by atoms with Crippen molar-refractivity contribution >= 4 is 22.2 Å². The summed E-state index contributed by atoms with van der Waals surface area (Å²) in [5.41, 5.74) is 0.312. The van der Waals surface area contributed by atoms with E-state index in [1.807, 2.05) is 0 Å². The highest BCUT2D eigenvalue weighted by Crippen LogP contribution is 2.50. The van der Waals surface area contributed by atoms with Gasteiger partial charge in [0.1, 0.15) is 6.29 Å². The number of rotatable bonds is 2. The molecule has 0 unspecified atom stereocenters. The molecule has 1 saturated carbocycles. The van der Waals surface area contributed by atoms with E-state index in [1.165, 1.54) is 12.1 Å². The van der Waals surface area contributed by atoms with Gasteiger partial charge in [-0.05, 0) is 30.5 Å². The third kappa shape index (κ3) is 1.30. The summed E-state index contributed by atoms with van der Waals surface area (Å²) < 4.78 is 0.664. The first-order valence-corrected chi connectivity index (χ1v) is 5.07. The highest BCUT2D eigenvalue weighted by Gasteiger charge is 2.45. The van der Waals surface area contributed by atoms with Crippen LogP contribution in [0.1, 0.15) is 18.4 Å². The second-order valence-corrected chi connectivity index (χ2v) is 4.45. The Hall–Kier alpha value is -1.03. The molecular formula is C10H9BrO3. The molecule has 0 bridgehead atoms. The average Bonchev–Trinajstić information content (AvgIpc) is 2.92. The van der Waals surface area contributed by atoms with E-state index >= 15 is 0 Å². The fourth-order valence-electron chi connectivity index (χ4n) is 1.52. The number of carbonyl (C=O) groups excluding carboxylic acids is 1. The minimum absolute atomic E-state index is 0.178. The van der Waals surface area contributed by atoms with Crippen LogP contribution in [0, 0.1) is 0 Å². The van der Waals surface area contributed by atoms with E-state index < -0.39 is 5.41 Å². The zero-order valence-corrected chi connectivity index (χ0v) is 8.91. The standard InChI is InChI=1S/C10H9BrO3/c11-7-4-9(14)8(13)3-6(7)10(5-12)1-2-10/h3-5,13-14H,1-2H2. The minimum Gasteiger partial charge on any atom is -0.504 e. The number of benzene rings is 1. The van der Waals surface area contributed by atoms with Gasteiger partial charge in [-0.3, -0.25) is 0 Å². The number of phenolic OH excluding ortho intramolecular Hbond substituents is 2. The van der Waals surface area contributed by atoms with E-state index in [9.17, 15) is 15.0 Å². The summed E-state index contributed by atoms with van der Waals surface area (Å²) in [6.07, 6.45) is 2.52. The molecule has 0 heterocycles. The average molecular weight is 257 g/mol. The van der Waals surface area contributed by atoms with Crippen molar-refractivity contribution < 1.29 is 15.0 Å². The molecule has 1 aliphatic rings. The molecule has 2 N–H and O–H groups in total. The van der Waals surface area contributed by atoms with Crippen molar-refractivity contribution in [1.29, 1.82) is 0 Å². The van der Waals surface area contributed by atoms with Crippen LogP contribution < -0.4 is 0 Å². The van der Waals surface area contributed by atoms with Gasteiger partial charge in [0.2, 0.25) is 0 Å². The van der Waals surface area contributed by atoms with Gasteiger partial charge in [-0.1, -0.05) is 15.9 Å². The number of aromatic hydroxyl groups is 2. The van der Waals surface area contributed by atoms with E-state index in [0.29, 0.717) is 4.47 Å². The summed E-state index contributed by atoms with van der Waals surface area (Å²) in [6, 6.07) is 2.86. The van der Waals surface area contributed by atoms with Gasteiger partial charge in [-0.25, -0.2) is 0 Å². The van der Waals surface area contributed by atoms with Gasteiger partial charge in [0, 0.05) is 4.47 Å². The SMILES string of the molecule is O=CC1(c2cc(O)c(O)cc2Br)CC1. The lowest BCUT2D eigenvalue weighted by molar-refractivity contribution is -0.109. The molecular weight excluding hydrogens is 248 g/mol. The first-order valence-electron chi connectivity index (χ1n) is 4.27. The topological polar surface area (TPSA) is 57.5 Å². The molecule has 0 aromatic heterocycles. The molecule has 0 amide bonds. The fourth-order valence-corrected chi connectivity index (χ4v) is 2.24. The van der Waals surface area contributed by atoms with Crippen LogP contribution in [-0.4, -0.2) is 16.5 Å². The van der Waals surface area contributed by atoms with Crippen molar-refractivity contribution in [3.05, 3.63) is 22.2 Å². The molecule has 0 radical (unpaired) electrons. The van der Waals surface area contributed by atoms with Gasteiger partial charge < -0.3 is 15.0 Å². The summed E-state index contributed by atoms with van der Waals surface area (Å²) in [4.78, 5) is 10.9. The Morgan fingerprint density at radius 2 is 1.86 bits per heavy atom. The largest absolute Gasteiger partial charge is 0.504 e. The smallest absolute Gasteiger partial charge is 0.158 e. The summed E-state index contributed by atoms with van der Waals surface area (Å²) in [5.74, 6) is -0.362. The van der Waals surface area contributed by atoms with Crippen LogP contribution in [-0.2, 0) is 10.2 Å². The van der Waals surface area contributed by atoms with Crippen molar-refractivity contribution in [2.24, 2.45) is 0 Å². The van der Waals surface area contributed by atoms with E-state index in [2.05, 4.69) is 15.9 Å².